The summed E-state index contributed by atoms with van der Waals surface area (Å²) in [5, 5.41) is 7.73. The number of carbonyl (C=O) groups excluding carboxylic acids is 2. The molecule has 0 radical (unpaired) electrons. The fourth-order valence-corrected chi connectivity index (χ4v) is 2.58. The predicted octanol–water partition coefficient (Wildman–Crippen LogP) is 2.09. The molecule has 0 saturated heterocycles. The Hall–Kier alpha value is -3.46. The molecule has 0 aliphatic carbocycles. The Morgan fingerprint density at radius 3 is 2.68 bits per heavy atom. The number of hydrogen-bond donors (Lipinski definition) is 4. The Labute approximate surface area is 164 Å². The number of carbonyl (C=O) groups is 2. The van der Waals surface area contributed by atoms with Crippen molar-refractivity contribution in [2.45, 2.75) is 12.5 Å². The number of nitrogens with zero attached hydrogens (tertiary/aromatic N) is 2. The lowest BCUT2D eigenvalue weighted by atomic mass is 10.2. The van der Waals surface area contributed by atoms with Crippen LogP contribution in [0.5, 0.6) is 0 Å². The van der Waals surface area contributed by atoms with Crippen LogP contribution in [-0.4, -0.2) is 29.8 Å². The Morgan fingerprint density at radius 2 is 1.96 bits per heavy atom. The lowest BCUT2D eigenvalue weighted by Crippen LogP contribution is -2.32. The van der Waals surface area contributed by atoms with E-state index in [-0.39, 0.29) is 23.4 Å². The number of para-hydroxylation sites is 1. The van der Waals surface area contributed by atoms with Crippen LogP contribution in [0.15, 0.2) is 58.5 Å². The fraction of sp³-hybridized carbons (Fsp3) is 0.111. The van der Waals surface area contributed by atoms with E-state index in [1.165, 1.54) is 12.1 Å². The van der Waals surface area contributed by atoms with Crippen LogP contribution >= 0.6 is 11.6 Å². The molecule has 1 aliphatic heterocycles. The maximum absolute atomic E-state index is 13.2. The molecule has 2 aromatic carbocycles. The number of guanidine groups is 2. The van der Waals surface area contributed by atoms with Gasteiger partial charge in [-0.2, -0.15) is 4.99 Å². The van der Waals surface area contributed by atoms with E-state index in [1.807, 2.05) is 18.2 Å². The second-order valence-electron chi connectivity index (χ2n) is 5.83. The van der Waals surface area contributed by atoms with Gasteiger partial charge in [0.05, 0.1) is 11.4 Å². The second-order valence-corrected chi connectivity index (χ2v) is 6.23. The minimum atomic E-state index is -0.945. The van der Waals surface area contributed by atoms with Crippen molar-refractivity contribution in [3.8, 4) is 0 Å². The van der Waals surface area contributed by atoms with Gasteiger partial charge >= 0.3 is 0 Å². The van der Waals surface area contributed by atoms with Crippen molar-refractivity contribution < 1.29 is 14.0 Å². The van der Waals surface area contributed by atoms with E-state index < -0.39 is 23.7 Å². The number of halogens is 2. The third kappa shape index (κ3) is 5.04. The van der Waals surface area contributed by atoms with Gasteiger partial charge in [0.25, 0.3) is 5.91 Å². The van der Waals surface area contributed by atoms with Crippen LogP contribution in [0.25, 0.3) is 0 Å². The van der Waals surface area contributed by atoms with Gasteiger partial charge in [-0.15, -0.1) is 0 Å². The first kappa shape index (κ1) is 19.3. The summed E-state index contributed by atoms with van der Waals surface area (Å²) < 4.78 is 13.2. The SMILES string of the molecule is N/C(=N\C1=NC(CC(=O)Nc2ccc(F)c(Cl)c2)C(=O)N1)Nc1ccccc1. The highest BCUT2D eigenvalue weighted by atomic mass is 35.5. The number of amides is 2. The van der Waals surface area contributed by atoms with Crippen LogP contribution < -0.4 is 21.7 Å². The topological polar surface area (TPSA) is 121 Å². The van der Waals surface area contributed by atoms with Gasteiger partial charge in [-0.1, -0.05) is 29.8 Å². The van der Waals surface area contributed by atoms with Gasteiger partial charge in [-0.25, -0.2) is 9.38 Å². The Balaban J connectivity index is 1.60. The molecule has 144 valence electrons. The molecule has 1 unspecified atom stereocenters. The zero-order valence-corrected chi connectivity index (χ0v) is 15.2. The molecule has 2 amide bonds. The smallest absolute Gasteiger partial charge is 0.252 e. The first-order valence-corrected chi connectivity index (χ1v) is 8.58. The lowest BCUT2D eigenvalue weighted by molar-refractivity contribution is -0.123. The quantitative estimate of drug-likeness (QED) is 0.462. The van der Waals surface area contributed by atoms with Crippen molar-refractivity contribution in [1.29, 1.82) is 0 Å². The zero-order chi connectivity index (χ0) is 20.1. The normalized spacial score (nSPS) is 16.4. The molecule has 0 fully saturated rings. The van der Waals surface area contributed by atoms with E-state index in [9.17, 15) is 14.0 Å². The summed E-state index contributed by atoms with van der Waals surface area (Å²) in [4.78, 5) is 32.2. The van der Waals surface area contributed by atoms with Crippen molar-refractivity contribution in [3.63, 3.8) is 0 Å². The molecule has 0 bridgehead atoms. The van der Waals surface area contributed by atoms with Crippen LogP contribution in [0.1, 0.15) is 6.42 Å². The molecular formula is C18H16ClFN6O2. The number of anilines is 2. The summed E-state index contributed by atoms with van der Waals surface area (Å²) in [6.45, 7) is 0. The molecule has 2 aromatic rings. The Kier molecular flexibility index (Phi) is 5.85. The van der Waals surface area contributed by atoms with Gasteiger partial charge in [-0.3, -0.25) is 14.9 Å². The van der Waals surface area contributed by atoms with Gasteiger partial charge in [0.15, 0.2) is 0 Å². The zero-order valence-electron chi connectivity index (χ0n) is 14.4. The minimum Gasteiger partial charge on any atom is -0.369 e. The first-order chi connectivity index (χ1) is 13.4. The number of aliphatic imine (C=N–C) groups is 2. The van der Waals surface area contributed by atoms with Crippen molar-refractivity contribution in [2.24, 2.45) is 15.7 Å². The number of nitrogens with one attached hydrogen (secondary N) is 3. The van der Waals surface area contributed by atoms with Crippen LogP contribution in [0, 0.1) is 5.82 Å². The lowest BCUT2D eigenvalue weighted by Gasteiger charge is -2.07. The molecule has 8 nitrogen and oxygen atoms in total. The first-order valence-electron chi connectivity index (χ1n) is 8.20. The van der Waals surface area contributed by atoms with Crippen molar-refractivity contribution >= 4 is 46.7 Å². The van der Waals surface area contributed by atoms with Gasteiger partial charge in [-0.05, 0) is 30.3 Å². The number of nitrogens with two attached hydrogens (primary N) is 1. The summed E-state index contributed by atoms with van der Waals surface area (Å²) in [6.07, 6.45) is -0.216. The van der Waals surface area contributed by atoms with Gasteiger partial charge in [0.1, 0.15) is 11.9 Å². The highest BCUT2D eigenvalue weighted by molar-refractivity contribution is 6.31. The van der Waals surface area contributed by atoms with Crippen LogP contribution in [-0.2, 0) is 9.59 Å². The summed E-state index contributed by atoms with van der Waals surface area (Å²) in [6, 6.07) is 11.9. The molecule has 3 rings (SSSR count). The highest BCUT2D eigenvalue weighted by Gasteiger charge is 2.28. The second kappa shape index (κ2) is 8.49. The summed E-state index contributed by atoms with van der Waals surface area (Å²) in [7, 11) is 0. The average Bonchev–Trinajstić information content (AvgIpc) is 2.97. The molecule has 0 aromatic heterocycles. The summed E-state index contributed by atoms with van der Waals surface area (Å²) >= 11 is 5.67. The average molecular weight is 403 g/mol. The molecule has 1 atom stereocenters. The maximum atomic E-state index is 13.2. The van der Waals surface area contributed by atoms with Crippen molar-refractivity contribution in [3.05, 3.63) is 59.4 Å². The third-order valence-corrected chi connectivity index (χ3v) is 3.96. The van der Waals surface area contributed by atoms with E-state index >= 15 is 0 Å². The number of benzene rings is 2. The largest absolute Gasteiger partial charge is 0.369 e. The molecular weight excluding hydrogens is 387 g/mol. The van der Waals surface area contributed by atoms with Gasteiger partial charge < -0.3 is 16.4 Å². The van der Waals surface area contributed by atoms with Crippen molar-refractivity contribution in [1.82, 2.24) is 5.32 Å². The Morgan fingerprint density at radius 1 is 1.21 bits per heavy atom. The van der Waals surface area contributed by atoms with Gasteiger partial charge in [0, 0.05) is 11.4 Å². The minimum absolute atomic E-state index is 0.00792. The monoisotopic (exact) mass is 402 g/mol. The van der Waals surface area contributed by atoms with E-state index in [4.69, 9.17) is 17.3 Å². The van der Waals surface area contributed by atoms with Crippen molar-refractivity contribution in [2.75, 3.05) is 10.6 Å². The highest BCUT2D eigenvalue weighted by Crippen LogP contribution is 2.20. The maximum Gasteiger partial charge on any atom is 0.252 e. The van der Waals surface area contributed by atoms with Crippen LogP contribution in [0.3, 0.4) is 0 Å². The summed E-state index contributed by atoms with van der Waals surface area (Å²) in [5.74, 6) is -1.50. The van der Waals surface area contributed by atoms with E-state index in [2.05, 4.69) is 25.9 Å². The predicted molar refractivity (Wildman–Crippen MR) is 106 cm³/mol. The van der Waals surface area contributed by atoms with Crippen LogP contribution in [0.2, 0.25) is 5.02 Å². The summed E-state index contributed by atoms with van der Waals surface area (Å²) in [5.41, 5.74) is 6.83. The van der Waals surface area contributed by atoms with Crippen LogP contribution in [0.4, 0.5) is 15.8 Å². The Bertz CT molecular complexity index is 964. The number of hydrogen-bond acceptors (Lipinski definition) is 4. The molecule has 0 saturated carbocycles. The molecule has 0 spiro atoms. The van der Waals surface area contributed by atoms with E-state index in [0.29, 0.717) is 5.69 Å². The number of rotatable bonds is 4. The van der Waals surface area contributed by atoms with E-state index in [0.717, 1.165) is 11.8 Å². The van der Waals surface area contributed by atoms with Gasteiger partial charge in [0.2, 0.25) is 17.8 Å². The third-order valence-electron chi connectivity index (χ3n) is 3.67. The molecule has 1 heterocycles. The standard InChI is InChI=1S/C18H16ClFN6O2/c19-12-8-11(6-7-13(12)20)22-15(27)9-14-16(28)25-18(24-14)26-17(21)23-10-4-2-1-3-5-10/h1-8,14H,9H2,(H,22,27)(H4,21,23,24,25,26,28). The fourth-order valence-electron chi connectivity index (χ4n) is 2.40. The molecule has 28 heavy (non-hydrogen) atoms. The molecule has 1 aliphatic rings. The molecule has 5 N–H and O–H groups in total. The van der Waals surface area contributed by atoms with E-state index in [1.54, 1.807) is 12.1 Å². The molecule has 10 heteroatoms.